The molecule has 142 valence electrons. The number of rotatable bonds is 9. The van der Waals surface area contributed by atoms with Gasteiger partial charge >= 0.3 is 0 Å². The Labute approximate surface area is 154 Å². The van der Waals surface area contributed by atoms with Crippen LogP contribution in [0.15, 0.2) is 33.8 Å². The van der Waals surface area contributed by atoms with Crippen molar-refractivity contribution in [3.8, 4) is 11.5 Å². The summed E-state index contributed by atoms with van der Waals surface area (Å²) >= 11 is 0. The number of nitrogens with one attached hydrogen (secondary N) is 2. The van der Waals surface area contributed by atoms with Crippen LogP contribution in [0.4, 0.5) is 0 Å². The lowest BCUT2D eigenvalue weighted by Crippen LogP contribution is -2.39. The minimum atomic E-state index is 0.515. The highest BCUT2D eigenvalue weighted by Gasteiger charge is 2.13. The van der Waals surface area contributed by atoms with Gasteiger partial charge in [0.2, 0.25) is 0 Å². The smallest absolute Gasteiger partial charge is 0.191 e. The second-order valence-electron chi connectivity index (χ2n) is 5.62. The standard InChI is InChI=1S/C19H28N4O3/c1-5-17-16(18(6-2)26-23-17)13-22-19(20-3)21-10-11-25-15-9-7-8-14(12-15)24-4/h7-9,12H,5-6,10-11,13H2,1-4H3,(H2,20,21,22). The molecule has 7 nitrogen and oxygen atoms in total. The first-order valence-corrected chi connectivity index (χ1v) is 8.89. The van der Waals surface area contributed by atoms with E-state index < -0.39 is 0 Å². The van der Waals surface area contributed by atoms with Crippen LogP contribution in [0.2, 0.25) is 0 Å². The second kappa shape index (κ2) is 10.3. The van der Waals surface area contributed by atoms with Crippen LogP contribution in [0.3, 0.4) is 0 Å². The topological polar surface area (TPSA) is 80.9 Å². The zero-order valence-electron chi connectivity index (χ0n) is 16.0. The van der Waals surface area contributed by atoms with Gasteiger partial charge in [-0.15, -0.1) is 0 Å². The first kappa shape index (κ1) is 19.6. The van der Waals surface area contributed by atoms with Crippen molar-refractivity contribution in [1.29, 1.82) is 0 Å². The number of methoxy groups -OCH3 is 1. The van der Waals surface area contributed by atoms with Crippen molar-refractivity contribution in [1.82, 2.24) is 15.8 Å². The van der Waals surface area contributed by atoms with Crippen molar-refractivity contribution in [2.75, 3.05) is 27.3 Å². The van der Waals surface area contributed by atoms with E-state index in [1.54, 1.807) is 14.2 Å². The number of guanidine groups is 1. The highest BCUT2D eigenvalue weighted by atomic mass is 16.5. The van der Waals surface area contributed by atoms with Gasteiger partial charge < -0.3 is 24.6 Å². The minimum absolute atomic E-state index is 0.515. The molecule has 0 atom stereocenters. The molecule has 0 aliphatic rings. The van der Waals surface area contributed by atoms with Crippen molar-refractivity contribution >= 4 is 5.96 Å². The maximum Gasteiger partial charge on any atom is 0.191 e. The molecule has 2 rings (SSSR count). The van der Waals surface area contributed by atoms with Gasteiger partial charge in [0.25, 0.3) is 0 Å². The van der Waals surface area contributed by atoms with E-state index in [-0.39, 0.29) is 0 Å². The maximum atomic E-state index is 5.72. The number of hydrogen-bond donors (Lipinski definition) is 2. The Morgan fingerprint density at radius 1 is 1.19 bits per heavy atom. The minimum Gasteiger partial charge on any atom is -0.497 e. The molecule has 7 heteroatoms. The van der Waals surface area contributed by atoms with Gasteiger partial charge in [-0.25, -0.2) is 0 Å². The Balaban J connectivity index is 1.78. The fraction of sp³-hybridized carbons (Fsp3) is 0.474. The van der Waals surface area contributed by atoms with E-state index in [9.17, 15) is 0 Å². The number of aliphatic imine (C=N–C) groups is 1. The molecule has 1 aromatic carbocycles. The van der Waals surface area contributed by atoms with Crippen LogP contribution in [-0.4, -0.2) is 38.4 Å². The zero-order valence-corrected chi connectivity index (χ0v) is 16.0. The Morgan fingerprint density at radius 3 is 2.69 bits per heavy atom. The van der Waals surface area contributed by atoms with Gasteiger partial charge in [-0.05, 0) is 18.6 Å². The summed E-state index contributed by atoms with van der Waals surface area (Å²) < 4.78 is 16.3. The Kier molecular flexibility index (Phi) is 7.79. The Morgan fingerprint density at radius 2 is 2.00 bits per heavy atom. The molecular formula is C19H28N4O3. The molecule has 0 unspecified atom stereocenters. The summed E-state index contributed by atoms with van der Waals surface area (Å²) in [6, 6.07) is 7.55. The summed E-state index contributed by atoms with van der Waals surface area (Å²) in [6.07, 6.45) is 1.67. The van der Waals surface area contributed by atoms with Gasteiger partial charge in [-0.1, -0.05) is 25.1 Å². The van der Waals surface area contributed by atoms with Crippen LogP contribution >= 0.6 is 0 Å². The first-order valence-electron chi connectivity index (χ1n) is 8.89. The molecule has 0 saturated heterocycles. The third kappa shape index (κ3) is 5.40. The molecule has 1 heterocycles. The molecule has 1 aromatic heterocycles. The lowest BCUT2D eigenvalue weighted by Gasteiger charge is -2.13. The normalized spacial score (nSPS) is 11.3. The summed E-state index contributed by atoms with van der Waals surface area (Å²) in [6.45, 7) is 5.91. The molecule has 0 aliphatic heterocycles. The van der Waals surface area contributed by atoms with E-state index in [1.165, 1.54) is 0 Å². The van der Waals surface area contributed by atoms with Gasteiger partial charge in [-0.2, -0.15) is 0 Å². The van der Waals surface area contributed by atoms with E-state index in [2.05, 4.69) is 34.6 Å². The van der Waals surface area contributed by atoms with Crippen molar-refractivity contribution < 1.29 is 14.0 Å². The molecule has 0 saturated carbocycles. The fourth-order valence-electron chi connectivity index (χ4n) is 2.56. The SMILES string of the molecule is CCc1noc(CC)c1CNC(=NC)NCCOc1cccc(OC)c1. The van der Waals surface area contributed by atoms with Crippen LogP contribution in [0.25, 0.3) is 0 Å². The monoisotopic (exact) mass is 360 g/mol. The van der Waals surface area contributed by atoms with Gasteiger partial charge in [0, 0.05) is 31.6 Å². The number of hydrogen-bond acceptors (Lipinski definition) is 5. The highest BCUT2D eigenvalue weighted by Crippen LogP contribution is 2.18. The van der Waals surface area contributed by atoms with Gasteiger partial charge in [-0.3, -0.25) is 4.99 Å². The summed E-state index contributed by atoms with van der Waals surface area (Å²) in [5.41, 5.74) is 2.11. The quantitative estimate of drug-likeness (QED) is 0.406. The van der Waals surface area contributed by atoms with Crippen molar-refractivity contribution in [3.05, 3.63) is 41.3 Å². The van der Waals surface area contributed by atoms with Gasteiger partial charge in [0.1, 0.15) is 23.9 Å². The molecule has 0 aliphatic carbocycles. The van der Waals surface area contributed by atoms with Crippen LogP contribution in [0.5, 0.6) is 11.5 Å². The molecule has 0 radical (unpaired) electrons. The van der Waals surface area contributed by atoms with Crippen LogP contribution in [-0.2, 0) is 19.4 Å². The van der Waals surface area contributed by atoms with Crippen LogP contribution in [0.1, 0.15) is 30.9 Å². The molecule has 2 N–H and O–H groups in total. The lowest BCUT2D eigenvalue weighted by atomic mass is 10.1. The van der Waals surface area contributed by atoms with Crippen LogP contribution in [0, 0.1) is 0 Å². The lowest BCUT2D eigenvalue weighted by molar-refractivity contribution is 0.319. The third-order valence-electron chi connectivity index (χ3n) is 3.97. The fourth-order valence-corrected chi connectivity index (χ4v) is 2.56. The van der Waals surface area contributed by atoms with Gasteiger partial charge in [0.15, 0.2) is 5.96 Å². The Hall–Kier alpha value is -2.70. The summed E-state index contributed by atoms with van der Waals surface area (Å²) in [5, 5.41) is 10.7. The molecule has 2 aromatic rings. The third-order valence-corrected chi connectivity index (χ3v) is 3.97. The number of aromatic nitrogens is 1. The van der Waals surface area contributed by atoms with E-state index >= 15 is 0 Å². The molecular weight excluding hydrogens is 332 g/mol. The first-order chi connectivity index (χ1) is 12.7. The summed E-state index contributed by atoms with van der Waals surface area (Å²) in [4.78, 5) is 4.24. The number of nitrogens with zero attached hydrogens (tertiary/aromatic N) is 2. The molecule has 0 fully saturated rings. The van der Waals surface area contributed by atoms with Gasteiger partial charge in [0.05, 0.1) is 19.3 Å². The predicted octanol–water partition coefficient (Wildman–Crippen LogP) is 2.55. The Bertz CT molecular complexity index is 691. The van der Waals surface area contributed by atoms with E-state index in [1.807, 2.05) is 24.3 Å². The average Bonchev–Trinajstić information content (AvgIpc) is 3.09. The average molecular weight is 360 g/mol. The van der Waals surface area contributed by atoms with Crippen molar-refractivity contribution in [3.63, 3.8) is 0 Å². The summed E-state index contributed by atoms with van der Waals surface area (Å²) in [7, 11) is 3.38. The molecule has 0 spiro atoms. The molecule has 26 heavy (non-hydrogen) atoms. The van der Waals surface area contributed by atoms with Crippen LogP contribution < -0.4 is 20.1 Å². The molecule has 0 amide bonds. The summed E-state index contributed by atoms with van der Waals surface area (Å²) in [5.74, 6) is 3.19. The largest absolute Gasteiger partial charge is 0.497 e. The molecule has 0 bridgehead atoms. The van der Waals surface area contributed by atoms with E-state index in [0.29, 0.717) is 25.7 Å². The van der Waals surface area contributed by atoms with E-state index in [0.717, 1.165) is 41.4 Å². The van der Waals surface area contributed by atoms with E-state index in [4.69, 9.17) is 14.0 Å². The maximum absolute atomic E-state index is 5.72. The van der Waals surface area contributed by atoms with Crippen molar-refractivity contribution in [2.24, 2.45) is 4.99 Å². The second-order valence-corrected chi connectivity index (χ2v) is 5.62. The predicted molar refractivity (Wildman–Crippen MR) is 102 cm³/mol. The number of benzene rings is 1. The zero-order chi connectivity index (χ0) is 18.8. The van der Waals surface area contributed by atoms with Crippen molar-refractivity contribution in [2.45, 2.75) is 33.2 Å². The number of ether oxygens (including phenoxy) is 2. The highest BCUT2D eigenvalue weighted by molar-refractivity contribution is 5.79. The number of aryl methyl sites for hydroxylation is 2.